The molecule has 1 rings (SSSR count). The largest absolute Gasteiger partial charge is 0.368 e. The molecule has 5 nitrogen and oxygen atoms in total. The summed E-state index contributed by atoms with van der Waals surface area (Å²) in [6, 6.07) is -0.538. The van der Waals surface area contributed by atoms with Gasteiger partial charge in [0.2, 0.25) is 11.8 Å². The summed E-state index contributed by atoms with van der Waals surface area (Å²) in [5.74, 6) is 1.83. The van der Waals surface area contributed by atoms with E-state index < -0.39 is 11.9 Å². The molecule has 1 aliphatic rings. The number of primary amides is 1. The van der Waals surface area contributed by atoms with Crippen LogP contribution in [-0.2, 0) is 9.59 Å². The van der Waals surface area contributed by atoms with Gasteiger partial charge in [-0.05, 0) is 0 Å². The third-order valence-corrected chi connectivity index (χ3v) is 2.38. The highest BCUT2D eigenvalue weighted by Crippen LogP contribution is 2.06. The Balaban J connectivity index is 2.60. The predicted octanol–water partition coefficient (Wildman–Crippen LogP) is -1.31. The highest BCUT2D eigenvalue weighted by Gasteiger charge is 2.29. The van der Waals surface area contributed by atoms with Crippen LogP contribution in [0.3, 0.4) is 0 Å². The lowest BCUT2D eigenvalue weighted by Crippen LogP contribution is -2.58. The molecule has 1 unspecified atom stereocenters. The van der Waals surface area contributed by atoms with Gasteiger partial charge >= 0.3 is 0 Å². The summed E-state index contributed by atoms with van der Waals surface area (Å²) in [5, 5.41) is 3.02. The van der Waals surface area contributed by atoms with Gasteiger partial charge in [-0.15, -0.1) is 12.3 Å². The summed E-state index contributed by atoms with van der Waals surface area (Å²) in [6.07, 6.45) is 5.75. The molecular weight excluding hydrogens is 194 g/mol. The minimum absolute atomic E-state index is 0.0988. The average molecular weight is 209 g/mol. The van der Waals surface area contributed by atoms with Gasteiger partial charge in [0, 0.05) is 32.5 Å². The number of piperazine rings is 1. The number of nitrogens with zero attached hydrogens (tertiary/aromatic N) is 1. The topological polar surface area (TPSA) is 75.4 Å². The SMILES string of the molecule is C#CCCC(=O)N1CCNCC1C(N)=O. The van der Waals surface area contributed by atoms with Crippen LogP contribution in [0.25, 0.3) is 0 Å². The first-order valence-corrected chi connectivity index (χ1v) is 4.89. The lowest BCUT2D eigenvalue weighted by atomic mass is 10.1. The number of nitrogens with two attached hydrogens (primary N) is 1. The smallest absolute Gasteiger partial charge is 0.241 e. The Morgan fingerprint density at radius 3 is 2.93 bits per heavy atom. The van der Waals surface area contributed by atoms with Gasteiger partial charge in [-0.3, -0.25) is 9.59 Å². The average Bonchev–Trinajstić information content (AvgIpc) is 2.25. The van der Waals surface area contributed by atoms with E-state index in [4.69, 9.17) is 12.2 Å². The minimum atomic E-state index is -0.538. The van der Waals surface area contributed by atoms with Gasteiger partial charge in [0.25, 0.3) is 0 Å². The highest BCUT2D eigenvalue weighted by molar-refractivity contribution is 5.87. The number of carbonyl (C=O) groups is 2. The van der Waals surface area contributed by atoms with Gasteiger partial charge in [0.05, 0.1) is 0 Å². The maximum atomic E-state index is 11.7. The van der Waals surface area contributed by atoms with Crippen molar-refractivity contribution in [2.45, 2.75) is 18.9 Å². The predicted molar refractivity (Wildman–Crippen MR) is 55.6 cm³/mol. The second kappa shape index (κ2) is 5.37. The van der Waals surface area contributed by atoms with E-state index in [0.717, 1.165) is 0 Å². The van der Waals surface area contributed by atoms with Gasteiger partial charge < -0.3 is 16.0 Å². The molecule has 2 amide bonds. The Morgan fingerprint density at radius 2 is 2.33 bits per heavy atom. The standard InChI is InChI=1S/C10H15N3O2/c1-2-3-4-9(14)13-6-5-12-7-8(13)10(11)15/h1,8,12H,3-7H2,(H2,11,15). The van der Waals surface area contributed by atoms with Crippen molar-refractivity contribution in [2.24, 2.45) is 5.73 Å². The quantitative estimate of drug-likeness (QED) is 0.566. The van der Waals surface area contributed by atoms with E-state index in [1.165, 1.54) is 4.90 Å². The molecule has 0 radical (unpaired) electrons. The molecule has 0 spiro atoms. The van der Waals surface area contributed by atoms with E-state index in [1.54, 1.807) is 0 Å². The summed E-state index contributed by atoms with van der Waals surface area (Å²) in [7, 11) is 0. The normalized spacial score (nSPS) is 20.7. The monoisotopic (exact) mass is 209 g/mol. The Kier molecular flexibility index (Phi) is 4.13. The summed E-state index contributed by atoms with van der Waals surface area (Å²) < 4.78 is 0. The zero-order valence-corrected chi connectivity index (χ0v) is 8.53. The van der Waals surface area contributed by atoms with Gasteiger partial charge in [0.15, 0.2) is 0 Å². The first kappa shape index (κ1) is 11.5. The molecule has 0 aliphatic carbocycles. The van der Waals surface area contributed by atoms with E-state index in [1.807, 2.05) is 0 Å². The summed E-state index contributed by atoms with van der Waals surface area (Å²) in [4.78, 5) is 24.3. The van der Waals surface area contributed by atoms with Gasteiger partial charge in [0.1, 0.15) is 6.04 Å². The van der Waals surface area contributed by atoms with Crippen LogP contribution in [0.1, 0.15) is 12.8 Å². The molecule has 0 aromatic carbocycles. The molecule has 1 fully saturated rings. The van der Waals surface area contributed by atoms with Crippen molar-refractivity contribution < 1.29 is 9.59 Å². The first-order chi connectivity index (χ1) is 7.16. The Morgan fingerprint density at radius 1 is 1.60 bits per heavy atom. The van der Waals surface area contributed by atoms with E-state index >= 15 is 0 Å². The van der Waals surface area contributed by atoms with Crippen molar-refractivity contribution in [2.75, 3.05) is 19.6 Å². The molecule has 0 bridgehead atoms. The third kappa shape index (κ3) is 2.96. The van der Waals surface area contributed by atoms with Crippen molar-refractivity contribution >= 4 is 11.8 Å². The number of hydrogen-bond donors (Lipinski definition) is 2. The van der Waals surface area contributed by atoms with Crippen molar-refractivity contribution in [1.82, 2.24) is 10.2 Å². The number of nitrogens with one attached hydrogen (secondary N) is 1. The molecular formula is C10H15N3O2. The van der Waals surface area contributed by atoms with E-state index in [-0.39, 0.29) is 12.3 Å². The van der Waals surface area contributed by atoms with Crippen LogP contribution in [0.15, 0.2) is 0 Å². The second-order valence-corrected chi connectivity index (χ2v) is 3.41. The molecule has 1 heterocycles. The molecule has 0 saturated carbocycles. The highest BCUT2D eigenvalue weighted by atomic mass is 16.2. The van der Waals surface area contributed by atoms with Crippen molar-refractivity contribution in [1.29, 1.82) is 0 Å². The minimum Gasteiger partial charge on any atom is -0.368 e. The molecule has 1 atom stereocenters. The summed E-state index contributed by atoms with van der Waals surface area (Å²) in [5.41, 5.74) is 5.21. The van der Waals surface area contributed by atoms with Crippen LogP contribution < -0.4 is 11.1 Å². The number of amides is 2. The van der Waals surface area contributed by atoms with E-state index in [2.05, 4.69) is 11.2 Å². The van der Waals surface area contributed by atoms with Crippen LogP contribution in [0, 0.1) is 12.3 Å². The van der Waals surface area contributed by atoms with Crippen molar-refractivity contribution in [3.8, 4) is 12.3 Å². The third-order valence-electron chi connectivity index (χ3n) is 2.38. The zero-order valence-electron chi connectivity index (χ0n) is 8.53. The first-order valence-electron chi connectivity index (χ1n) is 4.89. The Hall–Kier alpha value is -1.54. The molecule has 1 aliphatic heterocycles. The number of rotatable bonds is 3. The fourth-order valence-corrected chi connectivity index (χ4v) is 1.58. The summed E-state index contributed by atoms with van der Waals surface area (Å²) >= 11 is 0. The molecule has 0 aromatic heterocycles. The van der Waals surface area contributed by atoms with Gasteiger partial charge in [-0.2, -0.15) is 0 Å². The van der Waals surface area contributed by atoms with Crippen molar-refractivity contribution in [3.63, 3.8) is 0 Å². The maximum Gasteiger partial charge on any atom is 0.241 e. The number of terminal acetylenes is 1. The van der Waals surface area contributed by atoms with Crippen LogP contribution in [-0.4, -0.2) is 42.4 Å². The molecule has 1 saturated heterocycles. The lowest BCUT2D eigenvalue weighted by molar-refractivity contribution is -0.140. The molecule has 3 N–H and O–H groups in total. The van der Waals surface area contributed by atoms with Gasteiger partial charge in [-0.25, -0.2) is 0 Å². The fourth-order valence-electron chi connectivity index (χ4n) is 1.58. The van der Waals surface area contributed by atoms with E-state index in [0.29, 0.717) is 26.1 Å². The molecule has 0 aromatic rings. The fraction of sp³-hybridized carbons (Fsp3) is 0.600. The van der Waals surface area contributed by atoms with Gasteiger partial charge in [-0.1, -0.05) is 0 Å². The Bertz CT molecular complexity index is 296. The zero-order chi connectivity index (χ0) is 11.3. The molecule has 15 heavy (non-hydrogen) atoms. The van der Waals surface area contributed by atoms with Crippen LogP contribution in [0.2, 0.25) is 0 Å². The van der Waals surface area contributed by atoms with Crippen molar-refractivity contribution in [3.05, 3.63) is 0 Å². The number of carbonyl (C=O) groups excluding carboxylic acids is 2. The van der Waals surface area contributed by atoms with Crippen LogP contribution >= 0.6 is 0 Å². The van der Waals surface area contributed by atoms with Crippen LogP contribution in [0.5, 0.6) is 0 Å². The lowest BCUT2D eigenvalue weighted by Gasteiger charge is -2.34. The summed E-state index contributed by atoms with van der Waals surface area (Å²) in [6.45, 7) is 1.62. The maximum absolute atomic E-state index is 11.7. The molecule has 82 valence electrons. The van der Waals surface area contributed by atoms with E-state index in [9.17, 15) is 9.59 Å². The Labute approximate surface area is 89.0 Å². The molecule has 5 heteroatoms. The van der Waals surface area contributed by atoms with Crippen LogP contribution in [0.4, 0.5) is 0 Å². The second-order valence-electron chi connectivity index (χ2n) is 3.41. The number of hydrogen-bond acceptors (Lipinski definition) is 3.